The maximum absolute atomic E-state index is 11.4. The van der Waals surface area contributed by atoms with Crippen molar-refractivity contribution in [1.82, 2.24) is 0 Å². The summed E-state index contributed by atoms with van der Waals surface area (Å²) in [7, 11) is -2.30. The number of benzene rings is 3. The van der Waals surface area contributed by atoms with Crippen molar-refractivity contribution in [3.05, 3.63) is 60.2 Å². The lowest BCUT2D eigenvalue weighted by Crippen LogP contribution is -2.45. The van der Waals surface area contributed by atoms with E-state index in [1.54, 1.807) is 6.07 Å². The summed E-state index contributed by atoms with van der Waals surface area (Å²) in [4.78, 5) is 11.4. The number of hydrogen-bond acceptors (Lipinski definition) is 4. The van der Waals surface area contributed by atoms with Crippen LogP contribution in [0.5, 0.6) is 0 Å². The highest BCUT2D eigenvalue weighted by molar-refractivity contribution is 6.60. The third-order valence-electron chi connectivity index (χ3n) is 4.66. The second-order valence-corrected chi connectivity index (χ2v) is 9.55. The zero-order valence-electron chi connectivity index (χ0n) is 18.4. The molecule has 0 saturated carbocycles. The predicted octanol–water partition coefficient (Wildman–Crippen LogP) is 5.54. The minimum atomic E-state index is -2.30. The smallest absolute Gasteiger partial charge is 0.374 e. The lowest BCUT2D eigenvalue weighted by Gasteiger charge is -2.27. The van der Waals surface area contributed by atoms with Gasteiger partial charge in [-0.1, -0.05) is 49.7 Å². The molecule has 0 bridgehead atoms. The van der Waals surface area contributed by atoms with Crippen LogP contribution < -0.4 is 5.73 Å². The molecule has 3 rings (SSSR count). The Labute approximate surface area is 180 Å². The molecule has 1 amide bonds. The van der Waals surface area contributed by atoms with Crippen LogP contribution in [-0.4, -0.2) is 34.5 Å². The second kappa shape index (κ2) is 11.8. The van der Waals surface area contributed by atoms with E-state index in [0.717, 1.165) is 28.6 Å². The molecule has 3 aromatic rings. The predicted molar refractivity (Wildman–Crippen MR) is 126 cm³/mol. The first-order chi connectivity index (χ1) is 14.5. The molecule has 0 aromatic heterocycles. The van der Waals surface area contributed by atoms with Crippen LogP contribution in [0.15, 0.2) is 54.6 Å². The highest BCUT2D eigenvalue weighted by atomic mass is 28.4. The number of nitrogens with two attached hydrogens (primary N) is 1. The van der Waals surface area contributed by atoms with Gasteiger partial charge in [-0.05, 0) is 60.5 Å². The summed E-state index contributed by atoms with van der Waals surface area (Å²) in [5.41, 5.74) is 5.96. The molecule has 162 valence electrons. The molecule has 0 spiro atoms. The van der Waals surface area contributed by atoms with E-state index < -0.39 is 8.80 Å². The minimum Gasteiger partial charge on any atom is -0.374 e. The van der Waals surface area contributed by atoms with Crippen molar-refractivity contribution in [3.8, 4) is 0 Å². The van der Waals surface area contributed by atoms with E-state index >= 15 is 0 Å². The summed E-state index contributed by atoms with van der Waals surface area (Å²) in [6, 6.07) is 18.7. The molecule has 0 atom stereocenters. The summed E-state index contributed by atoms with van der Waals surface area (Å²) in [5.74, 6) is -0.383. The van der Waals surface area contributed by atoms with Gasteiger partial charge in [0.1, 0.15) is 0 Å². The Morgan fingerprint density at radius 1 is 0.800 bits per heavy atom. The van der Waals surface area contributed by atoms with E-state index in [4.69, 9.17) is 19.0 Å². The van der Waals surface area contributed by atoms with E-state index in [1.165, 1.54) is 5.39 Å². The third kappa shape index (κ3) is 6.12. The molecule has 6 heteroatoms. The minimum absolute atomic E-state index is 0.383. The standard InChI is InChI=1S/C15H11NO.C9H22O3Si/c16-15(17)13-7-3-6-12-8-10-4-1-2-5-11(10)9-14(12)13;1-5-9-13(10-6-2,11-7-3)12-8-4/h1-9H,(H2,16,17);5-9H2,1-4H3. The Hall–Kier alpha value is -2.25. The Bertz CT molecular complexity index is 931. The van der Waals surface area contributed by atoms with Gasteiger partial charge in [0.2, 0.25) is 5.91 Å². The van der Waals surface area contributed by atoms with Crippen LogP contribution in [0.1, 0.15) is 44.5 Å². The number of carbonyl (C=O) groups is 1. The summed E-state index contributed by atoms with van der Waals surface area (Å²) < 4.78 is 16.9. The van der Waals surface area contributed by atoms with Crippen LogP contribution in [0.4, 0.5) is 0 Å². The average Bonchev–Trinajstić information content (AvgIpc) is 2.73. The Morgan fingerprint density at radius 3 is 1.83 bits per heavy atom. The molecule has 0 aliphatic rings. The van der Waals surface area contributed by atoms with E-state index in [1.807, 2.05) is 57.2 Å². The Morgan fingerprint density at radius 2 is 1.33 bits per heavy atom. The van der Waals surface area contributed by atoms with Crippen LogP contribution >= 0.6 is 0 Å². The zero-order chi connectivity index (χ0) is 22.0. The van der Waals surface area contributed by atoms with Crippen LogP contribution in [0.25, 0.3) is 21.5 Å². The quantitative estimate of drug-likeness (QED) is 0.360. The van der Waals surface area contributed by atoms with Crippen LogP contribution in [-0.2, 0) is 13.3 Å². The van der Waals surface area contributed by atoms with Gasteiger partial charge in [-0.3, -0.25) is 4.79 Å². The number of amides is 1. The van der Waals surface area contributed by atoms with Gasteiger partial charge in [0.25, 0.3) is 0 Å². The van der Waals surface area contributed by atoms with Crippen molar-refractivity contribution >= 4 is 36.3 Å². The fraction of sp³-hybridized carbons (Fsp3) is 0.375. The highest BCUT2D eigenvalue weighted by Crippen LogP contribution is 2.25. The van der Waals surface area contributed by atoms with Gasteiger partial charge in [0, 0.05) is 31.4 Å². The van der Waals surface area contributed by atoms with Crippen molar-refractivity contribution in [2.24, 2.45) is 5.73 Å². The van der Waals surface area contributed by atoms with Crippen molar-refractivity contribution < 1.29 is 18.1 Å². The normalized spacial score (nSPS) is 11.3. The molecule has 0 fully saturated rings. The SMILES string of the molecule is CCC[Si](OCC)(OCC)OCC.NC(=O)c1cccc2cc3ccccc3cc12. The van der Waals surface area contributed by atoms with E-state index in [2.05, 4.69) is 19.1 Å². The van der Waals surface area contributed by atoms with E-state index in [9.17, 15) is 4.79 Å². The Balaban J connectivity index is 0.000000224. The van der Waals surface area contributed by atoms with Gasteiger partial charge >= 0.3 is 8.80 Å². The number of primary amides is 1. The van der Waals surface area contributed by atoms with Gasteiger partial charge in [-0.2, -0.15) is 0 Å². The molecule has 2 N–H and O–H groups in total. The van der Waals surface area contributed by atoms with Crippen LogP contribution in [0.2, 0.25) is 6.04 Å². The fourth-order valence-electron chi connectivity index (χ4n) is 3.49. The summed E-state index contributed by atoms with van der Waals surface area (Å²) >= 11 is 0. The summed E-state index contributed by atoms with van der Waals surface area (Å²) in [6.07, 6.45) is 1.05. The Kier molecular flexibility index (Phi) is 9.46. The maximum Gasteiger partial charge on any atom is 0.500 e. The first-order valence-electron chi connectivity index (χ1n) is 10.6. The third-order valence-corrected chi connectivity index (χ3v) is 7.96. The number of carbonyl (C=O) groups excluding carboxylic acids is 1. The first kappa shape index (κ1) is 24.0. The molecule has 0 radical (unpaired) electrons. The highest BCUT2D eigenvalue weighted by Gasteiger charge is 2.38. The monoisotopic (exact) mass is 427 g/mol. The molecule has 0 saturated heterocycles. The summed E-state index contributed by atoms with van der Waals surface area (Å²) in [5, 5.41) is 4.24. The molecular weight excluding hydrogens is 394 g/mol. The molecule has 30 heavy (non-hydrogen) atoms. The van der Waals surface area contributed by atoms with Crippen molar-refractivity contribution in [2.75, 3.05) is 19.8 Å². The first-order valence-corrected chi connectivity index (χ1v) is 12.6. The van der Waals surface area contributed by atoms with Gasteiger partial charge in [-0.25, -0.2) is 0 Å². The zero-order valence-corrected chi connectivity index (χ0v) is 19.4. The van der Waals surface area contributed by atoms with Crippen LogP contribution in [0.3, 0.4) is 0 Å². The molecule has 0 heterocycles. The van der Waals surface area contributed by atoms with Gasteiger partial charge in [0.15, 0.2) is 0 Å². The van der Waals surface area contributed by atoms with Gasteiger partial charge < -0.3 is 19.0 Å². The molecule has 0 aliphatic carbocycles. The molecular formula is C24H33NO4Si. The summed E-state index contributed by atoms with van der Waals surface area (Å²) in [6.45, 7) is 10.1. The lowest BCUT2D eigenvalue weighted by atomic mass is 9.99. The molecule has 0 unspecified atom stereocenters. The maximum atomic E-state index is 11.4. The van der Waals surface area contributed by atoms with Crippen molar-refractivity contribution in [3.63, 3.8) is 0 Å². The number of hydrogen-bond donors (Lipinski definition) is 1. The average molecular weight is 428 g/mol. The lowest BCUT2D eigenvalue weighted by molar-refractivity contribution is 0.0711. The number of rotatable bonds is 9. The second-order valence-electron chi connectivity index (χ2n) is 6.82. The van der Waals surface area contributed by atoms with Crippen molar-refractivity contribution in [1.29, 1.82) is 0 Å². The van der Waals surface area contributed by atoms with E-state index in [0.29, 0.717) is 25.4 Å². The fourth-order valence-corrected chi connectivity index (χ4v) is 6.10. The molecule has 3 aromatic carbocycles. The molecule has 5 nitrogen and oxygen atoms in total. The number of fused-ring (bicyclic) bond motifs is 2. The van der Waals surface area contributed by atoms with E-state index in [-0.39, 0.29) is 5.91 Å². The largest absolute Gasteiger partial charge is 0.500 e. The van der Waals surface area contributed by atoms with Crippen molar-refractivity contribution in [2.45, 2.75) is 40.2 Å². The van der Waals surface area contributed by atoms with Crippen LogP contribution in [0, 0.1) is 0 Å². The molecule has 0 aliphatic heterocycles. The van der Waals surface area contributed by atoms with Gasteiger partial charge in [-0.15, -0.1) is 0 Å². The van der Waals surface area contributed by atoms with Gasteiger partial charge in [0.05, 0.1) is 0 Å². The topological polar surface area (TPSA) is 70.8 Å².